The molecule has 0 atom stereocenters. The number of esters is 2. The van der Waals surface area contributed by atoms with Crippen molar-refractivity contribution in [2.24, 2.45) is 0 Å². The summed E-state index contributed by atoms with van der Waals surface area (Å²) in [6.07, 6.45) is 0. The molecule has 1 heterocycles. The van der Waals surface area contributed by atoms with Gasteiger partial charge in [0.15, 0.2) is 11.5 Å². The van der Waals surface area contributed by atoms with Gasteiger partial charge in [0.2, 0.25) is 11.2 Å². The van der Waals surface area contributed by atoms with Crippen LogP contribution in [0.2, 0.25) is 0 Å². The average molecular weight is 485 g/mol. The largest absolute Gasteiger partial charge is 0.465 e. The van der Waals surface area contributed by atoms with Gasteiger partial charge in [-0.15, -0.1) is 0 Å². The Morgan fingerprint density at radius 3 is 2.06 bits per heavy atom. The quantitative estimate of drug-likeness (QED) is 0.483. The molecule has 7 nitrogen and oxygen atoms in total. The summed E-state index contributed by atoms with van der Waals surface area (Å²) in [5, 5.41) is 0. The minimum absolute atomic E-state index is 0.0536. The van der Waals surface area contributed by atoms with Gasteiger partial charge in [-0.2, -0.15) is 0 Å². The second-order valence-corrected chi connectivity index (χ2v) is 7.67. The molecule has 4 rings (SSSR count). The molecule has 0 fully saturated rings. The molecule has 0 saturated carbocycles. The van der Waals surface area contributed by atoms with Crippen LogP contribution in [0.4, 0.5) is 0 Å². The predicted molar refractivity (Wildman–Crippen MR) is 112 cm³/mol. The van der Waals surface area contributed by atoms with Gasteiger partial charge in [-0.1, -0.05) is 46.3 Å². The Bertz CT molecular complexity index is 1160. The SMILES string of the molecule is CCOC(=O)C1(C(=O)OCC)C2=C(Oc3cccc(Br)c31)C(=O)c1ccccc1C2=O. The van der Waals surface area contributed by atoms with Crippen molar-refractivity contribution in [2.75, 3.05) is 13.2 Å². The number of hydrogen-bond donors (Lipinski definition) is 0. The topological polar surface area (TPSA) is 96.0 Å². The first-order valence-corrected chi connectivity index (χ1v) is 10.4. The molecule has 8 heteroatoms. The highest BCUT2D eigenvalue weighted by molar-refractivity contribution is 9.10. The van der Waals surface area contributed by atoms with Crippen LogP contribution in [0, 0.1) is 0 Å². The van der Waals surface area contributed by atoms with Gasteiger partial charge in [0.25, 0.3) is 0 Å². The second kappa shape index (κ2) is 7.77. The summed E-state index contributed by atoms with van der Waals surface area (Å²) in [6.45, 7) is 3.05. The van der Waals surface area contributed by atoms with Crippen LogP contribution in [0.15, 0.2) is 58.3 Å². The molecule has 0 aromatic heterocycles. The molecule has 0 unspecified atom stereocenters. The Hall–Kier alpha value is -3.26. The van der Waals surface area contributed by atoms with Crippen LogP contribution < -0.4 is 4.74 Å². The smallest absolute Gasteiger partial charge is 0.333 e. The van der Waals surface area contributed by atoms with E-state index in [0.29, 0.717) is 4.47 Å². The predicted octanol–water partition coefficient (Wildman–Crippen LogP) is 3.54. The number of hydrogen-bond acceptors (Lipinski definition) is 7. The monoisotopic (exact) mass is 484 g/mol. The van der Waals surface area contributed by atoms with E-state index in [4.69, 9.17) is 14.2 Å². The summed E-state index contributed by atoms with van der Waals surface area (Å²) in [7, 11) is 0. The van der Waals surface area contributed by atoms with Gasteiger partial charge in [0, 0.05) is 21.2 Å². The van der Waals surface area contributed by atoms with Crippen molar-refractivity contribution in [3.63, 3.8) is 0 Å². The third-order valence-electron chi connectivity index (χ3n) is 5.18. The number of fused-ring (bicyclic) bond motifs is 2. The summed E-state index contributed by atoms with van der Waals surface area (Å²) in [5.41, 5.74) is -2.46. The number of ether oxygens (including phenoxy) is 3. The lowest BCUT2D eigenvalue weighted by Gasteiger charge is -2.38. The van der Waals surface area contributed by atoms with E-state index in [0.717, 1.165) is 0 Å². The van der Waals surface area contributed by atoms with Gasteiger partial charge >= 0.3 is 11.9 Å². The van der Waals surface area contributed by atoms with E-state index in [-0.39, 0.29) is 41.4 Å². The third-order valence-corrected chi connectivity index (χ3v) is 5.84. The first-order valence-electron chi connectivity index (χ1n) is 9.63. The average Bonchev–Trinajstić information content (AvgIpc) is 2.76. The molecule has 2 aromatic rings. The van der Waals surface area contributed by atoms with Crippen LogP contribution in [0.3, 0.4) is 0 Å². The highest BCUT2D eigenvalue weighted by Crippen LogP contribution is 2.51. The molecule has 1 aliphatic heterocycles. The maximum absolute atomic E-state index is 13.6. The molecular weight excluding hydrogens is 468 g/mol. The molecule has 0 radical (unpaired) electrons. The van der Waals surface area contributed by atoms with Gasteiger partial charge in [0.1, 0.15) is 5.75 Å². The third kappa shape index (κ3) is 2.85. The number of carbonyl (C=O) groups excluding carboxylic acids is 4. The fourth-order valence-corrected chi connectivity index (χ4v) is 4.59. The van der Waals surface area contributed by atoms with Crippen LogP contribution in [-0.4, -0.2) is 36.7 Å². The normalized spacial score (nSPS) is 16.0. The molecule has 158 valence electrons. The van der Waals surface area contributed by atoms with Crippen molar-refractivity contribution < 1.29 is 33.4 Å². The van der Waals surface area contributed by atoms with Crippen molar-refractivity contribution in [1.82, 2.24) is 0 Å². The molecule has 0 amide bonds. The second-order valence-electron chi connectivity index (χ2n) is 6.81. The maximum atomic E-state index is 13.6. The van der Waals surface area contributed by atoms with Crippen molar-refractivity contribution in [3.8, 4) is 5.75 Å². The zero-order valence-electron chi connectivity index (χ0n) is 16.7. The van der Waals surface area contributed by atoms with E-state index in [1.807, 2.05) is 0 Å². The Morgan fingerprint density at radius 2 is 1.48 bits per heavy atom. The number of halogens is 1. The molecule has 0 N–H and O–H groups in total. The number of benzene rings is 2. The Kier molecular flexibility index (Phi) is 5.26. The lowest BCUT2D eigenvalue weighted by molar-refractivity contribution is -0.162. The number of rotatable bonds is 4. The van der Waals surface area contributed by atoms with Crippen LogP contribution in [-0.2, 0) is 24.5 Å². The van der Waals surface area contributed by atoms with E-state index in [1.165, 1.54) is 18.2 Å². The lowest BCUT2D eigenvalue weighted by Crippen LogP contribution is -2.54. The Balaban J connectivity index is 2.14. The van der Waals surface area contributed by atoms with Gasteiger partial charge < -0.3 is 14.2 Å². The zero-order valence-corrected chi connectivity index (χ0v) is 18.3. The summed E-state index contributed by atoms with van der Waals surface area (Å²) < 4.78 is 16.7. The van der Waals surface area contributed by atoms with Gasteiger partial charge in [0.05, 0.1) is 18.8 Å². The van der Waals surface area contributed by atoms with Crippen LogP contribution >= 0.6 is 15.9 Å². The summed E-state index contributed by atoms with van der Waals surface area (Å²) in [5.74, 6) is -3.61. The van der Waals surface area contributed by atoms with E-state index in [1.54, 1.807) is 38.1 Å². The van der Waals surface area contributed by atoms with Crippen LogP contribution in [0.5, 0.6) is 5.75 Å². The minimum atomic E-state index is -2.32. The fraction of sp³-hybridized carbons (Fsp3) is 0.217. The maximum Gasteiger partial charge on any atom is 0.333 e. The summed E-state index contributed by atoms with van der Waals surface area (Å²) in [6, 6.07) is 10.9. The van der Waals surface area contributed by atoms with Crippen molar-refractivity contribution in [1.29, 1.82) is 0 Å². The van der Waals surface area contributed by atoms with Gasteiger partial charge in [-0.3, -0.25) is 19.2 Å². The van der Waals surface area contributed by atoms with Gasteiger partial charge in [-0.05, 0) is 26.0 Å². The van der Waals surface area contributed by atoms with Crippen LogP contribution in [0.1, 0.15) is 40.1 Å². The van der Waals surface area contributed by atoms with Crippen molar-refractivity contribution in [2.45, 2.75) is 19.3 Å². The Labute approximate surface area is 186 Å². The fourth-order valence-electron chi connectivity index (χ4n) is 3.95. The first-order chi connectivity index (χ1) is 14.9. The van der Waals surface area contributed by atoms with Crippen LogP contribution in [0.25, 0.3) is 0 Å². The summed E-state index contributed by atoms with van der Waals surface area (Å²) >= 11 is 3.37. The molecule has 2 aromatic carbocycles. The molecule has 0 bridgehead atoms. The number of carbonyl (C=O) groups is 4. The highest BCUT2D eigenvalue weighted by atomic mass is 79.9. The molecule has 1 aliphatic carbocycles. The molecule has 0 saturated heterocycles. The van der Waals surface area contributed by atoms with E-state index in [9.17, 15) is 19.2 Å². The van der Waals surface area contributed by atoms with E-state index >= 15 is 0 Å². The summed E-state index contributed by atoms with van der Waals surface area (Å²) in [4.78, 5) is 53.9. The molecule has 2 aliphatic rings. The number of ketones is 2. The van der Waals surface area contributed by atoms with E-state index < -0.39 is 34.5 Å². The number of Topliss-reactive ketones (excluding diaryl/α,β-unsaturated/α-hetero) is 2. The molecule has 0 spiro atoms. The zero-order chi connectivity index (χ0) is 22.3. The standard InChI is InChI=1S/C23H17BrO7/c1-3-29-21(27)23(22(28)30-4-2)16-14(24)10-7-11-15(16)31-20-17(23)18(25)12-8-5-6-9-13(12)19(20)26/h5-11H,3-4H2,1-2H3. The minimum Gasteiger partial charge on any atom is -0.465 e. The molecule has 31 heavy (non-hydrogen) atoms. The van der Waals surface area contributed by atoms with Gasteiger partial charge in [-0.25, -0.2) is 0 Å². The first kappa shape index (κ1) is 21.0. The Morgan fingerprint density at radius 1 is 0.903 bits per heavy atom. The van der Waals surface area contributed by atoms with E-state index in [2.05, 4.69) is 15.9 Å². The highest BCUT2D eigenvalue weighted by Gasteiger charge is 2.63. The molecular formula is C23H17BrO7. The number of allylic oxidation sites excluding steroid dienone is 1. The lowest BCUT2D eigenvalue weighted by atomic mass is 9.66. The van der Waals surface area contributed by atoms with Crippen molar-refractivity contribution in [3.05, 3.63) is 75.0 Å². The van der Waals surface area contributed by atoms with Crippen molar-refractivity contribution >= 4 is 39.4 Å².